The van der Waals surface area contributed by atoms with Gasteiger partial charge < -0.3 is 9.42 Å². The molecule has 0 atom stereocenters. The Kier molecular flexibility index (Phi) is 3.58. The molecule has 120 valence electrons. The van der Waals surface area contributed by atoms with Crippen molar-refractivity contribution < 1.29 is 4.52 Å². The van der Waals surface area contributed by atoms with Crippen LogP contribution < -0.4 is 4.90 Å². The fraction of sp³-hybridized carbons (Fsp3) is 0.250. The number of nitriles is 1. The quantitative estimate of drug-likeness (QED) is 0.690. The van der Waals surface area contributed by atoms with Crippen LogP contribution >= 0.6 is 15.9 Å². The van der Waals surface area contributed by atoms with Gasteiger partial charge in [0.15, 0.2) is 0 Å². The van der Waals surface area contributed by atoms with E-state index in [1.165, 1.54) is 0 Å². The normalized spacial score (nSPS) is 14.5. The minimum atomic E-state index is 0.171. The van der Waals surface area contributed by atoms with E-state index in [0.29, 0.717) is 23.0 Å². The molecule has 3 heterocycles. The van der Waals surface area contributed by atoms with E-state index < -0.39 is 0 Å². The lowest BCUT2D eigenvalue weighted by molar-refractivity contribution is 0.329. The molecule has 0 aliphatic carbocycles. The Morgan fingerprint density at radius 3 is 2.88 bits per heavy atom. The molecule has 0 saturated carbocycles. The van der Waals surface area contributed by atoms with Crippen LogP contribution in [0.4, 0.5) is 5.69 Å². The van der Waals surface area contributed by atoms with E-state index in [1.54, 1.807) is 4.68 Å². The summed E-state index contributed by atoms with van der Waals surface area (Å²) in [5.74, 6) is 1.29. The van der Waals surface area contributed by atoms with Crippen LogP contribution in [0.1, 0.15) is 17.4 Å². The maximum absolute atomic E-state index is 9.28. The molecule has 0 amide bonds. The van der Waals surface area contributed by atoms with Gasteiger partial charge in [0.25, 0.3) is 0 Å². The topological polar surface area (TPSA) is 83.8 Å². The molecule has 0 unspecified atom stereocenters. The highest BCUT2D eigenvalue weighted by molar-refractivity contribution is 9.10. The van der Waals surface area contributed by atoms with Gasteiger partial charge in [-0.15, -0.1) is 0 Å². The van der Waals surface area contributed by atoms with Gasteiger partial charge in [-0.25, -0.2) is 0 Å². The number of aryl methyl sites for hydroxylation is 1. The molecule has 0 radical (unpaired) electrons. The van der Waals surface area contributed by atoms with Crippen LogP contribution in [0.15, 0.2) is 39.5 Å². The van der Waals surface area contributed by atoms with Crippen LogP contribution in [0.5, 0.6) is 0 Å². The fourth-order valence-electron chi connectivity index (χ4n) is 2.74. The molecule has 4 rings (SSSR count). The SMILES string of the molecule is Cn1ccc(-c2noc(C3CN(c4ccc(Br)cc4C#N)C3)n2)n1. The molecular formula is C16H13BrN6O. The van der Waals surface area contributed by atoms with Crippen molar-refractivity contribution in [3.63, 3.8) is 0 Å². The van der Waals surface area contributed by atoms with E-state index in [4.69, 9.17) is 4.52 Å². The third kappa shape index (κ3) is 2.57. The van der Waals surface area contributed by atoms with Gasteiger partial charge in [-0.1, -0.05) is 21.1 Å². The van der Waals surface area contributed by atoms with Crippen molar-refractivity contribution in [1.82, 2.24) is 19.9 Å². The molecule has 0 N–H and O–H groups in total. The van der Waals surface area contributed by atoms with Gasteiger partial charge in [-0.3, -0.25) is 4.68 Å². The Bertz CT molecular complexity index is 934. The molecule has 0 spiro atoms. The van der Waals surface area contributed by atoms with E-state index in [2.05, 4.69) is 42.1 Å². The zero-order chi connectivity index (χ0) is 16.7. The van der Waals surface area contributed by atoms with Gasteiger partial charge >= 0.3 is 0 Å². The van der Waals surface area contributed by atoms with Crippen LogP contribution in [0, 0.1) is 11.3 Å². The van der Waals surface area contributed by atoms with Gasteiger partial charge in [-0.05, 0) is 24.3 Å². The molecule has 1 saturated heterocycles. The fourth-order valence-corrected chi connectivity index (χ4v) is 3.11. The largest absolute Gasteiger partial charge is 0.369 e. The predicted molar refractivity (Wildman–Crippen MR) is 90.3 cm³/mol. The average Bonchev–Trinajstić information content (AvgIpc) is 3.16. The van der Waals surface area contributed by atoms with Crippen LogP contribution in [0.3, 0.4) is 0 Å². The minimum absolute atomic E-state index is 0.171. The van der Waals surface area contributed by atoms with Crippen LogP contribution in [-0.2, 0) is 7.05 Å². The molecule has 0 bridgehead atoms. The number of nitrogens with zero attached hydrogens (tertiary/aromatic N) is 6. The molecule has 1 aliphatic rings. The lowest BCUT2D eigenvalue weighted by Crippen LogP contribution is -2.45. The van der Waals surface area contributed by atoms with Crippen molar-refractivity contribution in [3.8, 4) is 17.6 Å². The Balaban J connectivity index is 1.49. The first-order chi connectivity index (χ1) is 11.6. The molecular weight excluding hydrogens is 372 g/mol. The maximum atomic E-state index is 9.28. The zero-order valence-corrected chi connectivity index (χ0v) is 14.4. The maximum Gasteiger partial charge on any atom is 0.233 e. The number of aromatic nitrogens is 4. The Labute approximate surface area is 146 Å². The second-order valence-electron chi connectivity index (χ2n) is 5.71. The van der Waals surface area contributed by atoms with Crippen molar-refractivity contribution in [3.05, 3.63) is 46.4 Å². The van der Waals surface area contributed by atoms with E-state index in [1.807, 2.05) is 37.5 Å². The van der Waals surface area contributed by atoms with Crippen molar-refractivity contribution in [2.24, 2.45) is 7.05 Å². The van der Waals surface area contributed by atoms with Gasteiger partial charge in [0, 0.05) is 30.8 Å². The first kappa shape index (κ1) is 14.9. The summed E-state index contributed by atoms with van der Waals surface area (Å²) >= 11 is 3.39. The summed E-state index contributed by atoms with van der Waals surface area (Å²) in [5, 5.41) is 17.6. The third-order valence-corrected chi connectivity index (χ3v) is 4.53. The number of rotatable bonds is 3. The van der Waals surface area contributed by atoms with Crippen molar-refractivity contribution >= 4 is 21.6 Å². The predicted octanol–water partition coefficient (Wildman–Crippen LogP) is 2.71. The Morgan fingerprint density at radius 1 is 1.33 bits per heavy atom. The lowest BCUT2D eigenvalue weighted by atomic mass is 9.98. The Morgan fingerprint density at radius 2 is 2.17 bits per heavy atom. The average molecular weight is 385 g/mol. The lowest BCUT2D eigenvalue weighted by Gasteiger charge is -2.39. The van der Waals surface area contributed by atoms with Crippen molar-refractivity contribution in [2.75, 3.05) is 18.0 Å². The van der Waals surface area contributed by atoms with E-state index in [9.17, 15) is 5.26 Å². The van der Waals surface area contributed by atoms with Gasteiger partial charge in [0.05, 0.1) is 17.2 Å². The first-order valence-corrected chi connectivity index (χ1v) is 8.21. The summed E-state index contributed by atoms with van der Waals surface area (Å²) in [6.45, 7) is 1.50. The number of halogens is 1. The number of hydrogen-bond donors (Lipinski definition) is 0. The molecule has 7 nitrogen and oxygen atoms in total. The highest BCUT2D eigenvalue weighted by Crippen LogP contribution is 2.34. The zero-order valence-electron chi connectivity index (χ0n) is 12.8. The molecule has 1 aromatic carbocycles. The van der Waals surface area contributed by atoms with E-state index >= 15 is 0 Å². The highest BCUT2D eigenvalue weighted by atomic mass is 79.9. The number of anilines is 1. The molecule has 8 heteroatoms. The van der Waals surface area contributed by atoms with Crippen molar-refractivity contribution in [1.29, 1.82) is 5.26 Å². The summed E-state index contributed by atoms with van der Waals surface area (Å²) < 4.78 is 7.98. The molecule has 2 aromatic heterocycles. The summed E-state index contributed by atoms with van der Waals surface area (Å²) in [7, 11) is 1.85. The van der Waals surface area contributed by atoms with Crippen LogP contribution in [0.25, 0.3) is 11.5 Å². The summed E-state index contributed by atoms with van der Waals surface area (Å²) in [5.41, 5.74) is 2.28. The standard InChI is InChI=1S/C16H13BrN6O/c1-22-5-4-13(20-22)15-19-16(24-21-15)11-8-23(9-11)14-3-2-12(17)6-10(14)7-18/h2-6,11H,8-9H2,1H3. The van der Waals surface area contributed by atoms with E-state index in [0.717, 1.165) is 23.2 Å². The highest BCUT2D eigenvalue weighted by Gasteiger charge is 2.34. The molecule has 3 aromatic rings. The van der Waals surface area contributed by atoms with Crippen LogP contribution in [-0.4, -0.2) is 33.0 Å². The monoisotopic (exact) mass is 384 g/mol. The number of hydrogen-bond acceptors (Lipinski definition) is 6. The second kappa shape index (κ2) is 5.76. The van der Waals surface area contributed by atoms with Crippen molar-refractivity contribution in [2.45, 2.75) is 5.92 Å². The summed E-state index contributed by atoms with van der Waals surface area (Å²) in [6, 6.07) is 9.80. The van der Waals surface area contributed by atoms with Crippen LogP contribution in [0.2, 0.25) is 0 Å². The first-order valence-electron chi connectivity index (χ1n) is 7.42. The smallest absolute Gasteiger partial charge is 0.233 e. The minimum Gasteiger partial charge on any atom is -0.369 e. The second-order valence-corrected chi connectivity index (χ2v) is 6.62. The third-order valence-electron chi connectivity index (χ3n) is 4.03. The van der Waals surface area contributed by atoms with Gasteiger partial charge in [0.2, 0.25) is 11.7 Å². The molecule has 1 aliphatic heterocycles. The van der Waals surface area contributed by atoms with E-state index in [-0.39, 0.29) is 5.92 Å². The summed E-state index contributed by atoms with van der Waals surface area (Å²) in [4.78, 5) is 6.59. The van der Waals surface area contributed by atoms with Gasteiger partial charge in [0.1, 0.15) is 11.8 Å². The molecule has 1 fully saturated rings. The van der Waals surface area contributed by atoms with Gasteiger partial charge in [-0.2, -0.15) is 15.3 Å². The number of benzene rings is 1. The summed E-state index contributed by atoms with van der Waals surface area (Å²) in [6.07, 6.45) is 1.84. The molecule has 24 heavy (non-hydrogen) atoms. The Hall–Kier alpha value is -2.66.